The first-order chi connectivity index (χ1) is 24.8. The first kappa shape index (κ1) is 28.6. The van der Waals surface area contributed by atoms with E-state index in [-0.39, 0.29) is 12.0 Å². The SMILES string of the molecule is C1=C(c2nc(-c3ccccc3)nc(-c3ccccc3)n2)CC2Oc3ccc(C4c5ccccc5-c5c(-c6ccccc6)cccc54)cc3C2=C1. The normalized spacial score (nSPS) is 16.7. The minimum Gasteiger partial charge on any atom is -0.485 e. The molecular weight excluding hydrogens is 611 g/mol. The van der Waals surface area contributed by atoms with E-state index < -0.39 is 0 Å². The molecule has 2 heterocycles. The van der Waals surface area contributed by atoms with E-state index in [1.807, 2.05) is 60.7 Å². The van der Waals surface area contributed by atoms with Crippen LogP contribution in [0.25, 0.3) is 56.2 Å². The second-order valence-corrected chi connectivity index (χ2v) is 13.1. The van der Waals surface area contributed by atoms with Gasteiger partial charge in [-0.3, -0.25) is 0 Å². The van der Waals surface area contributed by atoms with E-state index in [2.05, 4.69) is 103 Å². The summed E-state index contributed by atoms with van der Waals surface area (Å²) in [5.41, 5.74) is 14.5. The summed E-state index contributed by atoms with van der Waals surface area (Å²) in [7, 11) is 0. The van der Waals surface area contributed by atoms with Crippen molar-refractivity contribution in [1.29, 1.82) is 0 Å². The van der Waals surface area contributed by atoms with Crippen molar-refractivity contribution >= 4 is 11.1 Å². The van der Waals surface area contributed by atoms with Crippen LogP contribution in [0.1, 0.15) is 40.4 Å². The molecule has 10 rings (SSSR count). The molecule has 6 aromatic carbocycles. The van der Waals surface area contributed by atoms with Crippen molar-refractivity contribution in [2.24, 2.45) is 0 Å². The first-order valence-electron chi connectivity index (χ1n) is 17.2. The van der Waals surface area contributed by atoms with E-state index in [0.29, 0.717) is 23.9 Å². The summed E-state index contributed by atoms with van der Waals surface area (Å²) in [6.45, 7) is 0. The van der Waals surface area contributed by atoms with Crippen LogP contribution in [0.4, 0.5) is 0 Å². The van der Waals surface area contributed by atoms with Crippen LogP contribution in [0, 0.1) is 0 Å². The Balaban J connectivity index is 1.04. The summed E-state index contributed by atoms with van der Waals surface area (Å²) in [6, 6.07) is 53.4. The van der Waals surface area contributed by atoms with Gasteiger partial charge in [-0.05, 0) is 51.1 Å². The van der Waals surface area contributed by atoms with Crippen LogP contribution in [0.15, 0.2) is 164 Å². The molecule has 4 heteroatoms. The lowest BCUT2D eigenvalue weighted by molar-refractivity contribution is 0.281. The number of hydrogen-bond acceptors (Lipinski definition) is 4. The Morgan fingerprint density at radius 1 is 0.480 bits per heavy atom. The molecule has 0 spiro atoms. The number of rotatable bonds is 5. The maximum Gasteiger partial charge on any atom is 0.164 e. The monoisotopic (exact) mass is 641 g/mol. The molecule has 0 amide bonds. The molecular formula is C46H31N3O. The van der Waals surface area contributed by atoms with Gasteiger partial charge in [-0.25, -0.2) is 15.0 Å². The van der Waals surface area contributed by atoms with E-state index in [4.69, 9.17) is 19.7 Å². The molecule has 7 aromatic rings. The molecule has 0 fully saturated rings. The van der Waals surface area contributed by atoms with Gasteiger partial charge in [-0.1, -0.05) is 152 Å². The highest BCUT2D eigenvalue weighted by Crippen LogP contribution is 2.53. The number of aromatic nitrogens is 3. The number of nitrogens with zero attached hydrogens (tertiary/aromatic N) is 3. The molecule has 3 aliphatic rings. The molecule has 0 N–H and O–H groups in total. The molecule has 0 saturated heterocycles. The van der Waals surface area contributed by atoms with Gasteiger partial charge >= 0.3 is 0 Å². The van der Waals surface area contributed by atoms with Gasteiger partial charge in [0.15, 0.2) is 17.5 Å². The number of ether oxygens (including phenoxy) is 1. The Morgan fingerprint density at radius 3 is 1.80 bits per heavy atom. The van der Waals surface area contributed by atoms with Crippen molar-refractivity contribution in [3.63, 3.8) is 0 Å². The smallest absolute Gasteiger partial charge is 0.164 e. The van der Waals surface area contributed by atoms with Gasteiger partial charge in [-0.15, -0.1) is 0 Å². The van der Waals surface area contributed by atoms with Gasteiger partial charge in [0.25, 0.3) is 0 Å². The molecule has 0 saturated carbocycles. The fourth-order valence-corrected chi connectivity index (χ4v) is 7.84. The third-order valence-corrected chi connectivity index (χ3v) is 10.2. The van der Waals surface area contributed by atoms with Crippen LogP contribution in [-0.2, 0) is 0 Å². The highest BCUT2D eigenvalue weighted by atomic mass is 16.5. The zero-order chi connectivity index (χ0) is 33.0. The highest BCUT2D eigenvalue weighted by molar-refractivity contribution is 5.93. The van der Waals surface area contributed by atoms with E-state index in [1.54, 1.807) is 0 Å². The van der Waals surface area contributed by atoms with E-state index in [9.17, 15) is 0 Å². The Labute approximate surface area is 291 Å². The van der Waals surface area contributed by atoms with E-state index >= 15 is 0 Å². The largest absolute Gasteiger partial charge is 0.485 e. The molecule has 2 atom stereocenters. The Bertz CT molecular complexity index is 2430. The van der Waals surface area contributed by atoms with Gasteiger partial charge in [0.1, 0.15) is 11.9 Å². The second-order valence-electron chi connectivity index (χ2n) is 13.1. The third-order valence-electron chi connectivity index (χ3n) is 10.2. The zero-order valence-corrected chi connectivity index (χ0v) is 27.2. The summed E-state index contributed by atoms with van der Waals surface area (Å²) >= 11 is 0. The summed E-state index contributed by atoms with van der Waals surface area (Å²) < 4.78 is 6.65. The van der Waals surface area contributed by atoms with Gasteiger partial charge in [0, 0.05) is 40.2 Å². The van der Waals surface area contributed by atoms with Crippen LogP contribution in [0.3, 0.4) is 0 Å². The fraction of sp³-hybridized carbons (Fsp3) is 0.0652. The molecule has 50 heavy (non-hydrogen) atoms. The molecule has 0 radical (unpaired) electrons. The Kier molecular flexibility index (Phi) is 6.66. The molecule has 0 bridgehead atoms. The van der Waals surface area contributed by atoms with Crippen LogP contribution in [0.2, 0.25) is 0 Å². The van der Waals surface area contributed by atoms with Crippen molar-refractivity contribution in [1.82, 2.24) is 15.0 Å². The predicted molar refractivity (Wildman–Crippen MR) is 200 cm³/mol. The maximum atomic E-state index is 6.65. The Morgan fingerprint density at radius 2 is 1.08 bits per heavy atom. The number of fused-ring (bicyclic) bond motifs is 6. The van der Waals surface area contributed by atoms with Gasteiger partial charge < -0.3 is 4.74 Å². The standard InChI is InChI=1S/C46H31N3O/c1-4-13-29(14-5-1)34-21-12-22-38-42(36-19-10-11-20-37(36)43(34)38)32-24-26-40-39(27-32)35-25-23-33(28-41(35)50-40)46-48-44(30-15-6-2-7-16-30)47-45(49-46)31-17-8-3-9-18-31/h1-27,41-42H,28H2. The van der Waals surface area contributed by atoms with Crippen LogP contribution < -0.4 is 4.74 Å². The second kappa shape index (κ2) is 11.6. The van der Waals surface area contributed by atoms with Gasteiger partial charge in [0.05, 0.1) is 0 Å². The summed E-state index contributed by atoms with van der Waals surface area (Å²) in [4.78, 5) is 14.8. The topological polar surface area (TPSA) is 47.9 Å². The van der Waals surface area contributed by atoms with Crippen molar-refractivity contribution in [3.8, 4) is 50.8 Å². The predicted octanol–water partition coefficient (Wildman–Crippen LogP) is 10.7. The molecule has 2 aliphatic carbocycles. The number of benzene rings is 6. The number of hydrogen-bond donors (Lipinski definition) is 0. The third kappa shape index (κ3) is 4.72. The van der Waals surface area contributed by atoms with Crippen molar-refractivity contribution in [2.45, 2.75) is 18.4 Å². The first-order valence-corrected chi connectivity index (χ1v) is 17.2. The van der Waals surface area contributed by atoms with Crippen LogP contribution in [-0.4, -0.2) is 21.1 Å². The van der Waals surface area contributed by atoms with Crippen LogP contribution in [0.5, 0.6) is 5.75 Å². The lowest BCUT2D eigenvalue weighted by atomic mass is 9.85. The lowest BCUT2D eigenvalue weighted by Gasteiger charge is -2.19. The highest BCUT2D eigenvalue weighted by Gasteiger charge is 2.36. The van der Waals surface area contributed by atoms with Crippen LogP contribution >= 0.6 is 0 Å². The molecule has 1 aliphatic heterocycles. The zero-order valence-electron chi connectivity index (χ0n) is 27.2. The minimum absolute atomic E-state index is 0.106. The molecule has 236 valence electrons. The lowest BCUT2D eigenvalue weighted by Crippen LogP contribution is -2.16. The van der Waals surface area contributed by atoms with Crippen molar-refractivity contribution in [3.05, 3.63) is 192 Å². The average molecular weight is 642 g/mol. The van der Waals surface area contributed by atoms with Gasteiger partial charge in [0.2, 0.25) is 0 Å². The van der Waals surface area contributed by atoms with Gasteiger partial charge in [-0.2, -0.15) is 0 Å². The summed E-state index contributed by atoms with van der Waals surface area (Å²) in [5.74, 6) is 3.08. The summed E-state index contributed by atoms with van der Waals surface area (Å²) in [6.07, 6.45) is 4.95. The minimum atomic E-state index is -0.106. The Hall–Kier alpha value is -6.39. The van der Waals surface area contributed by atoms with Crippen molar-refractivity contribution < 1.29 is 4.74 Å². The van der Waals surface area contributed by atoms with E-state index in [0.717, 1.165) is 22.4 Å². The molecule has 1 aromatic heterocycles. The summed E-state index contributed by atoms with van der Waals surface area (Å²) in [5, 5.41) is 0. The molecule has 4 nitrogen and oxygen atoms in total. The maximum absolute atomic E-state index is 6.65. The average Bonchev–Trinajstić information content (AvgIpc) is 3.73. The molecule has 2 unspecified atom stereocenters. The van der Waals surface area contributed by atoms with E-state index in [1.165, 1.54) is 50.1 Å². The van der Waals surface area contributed by atoms with Crippen molar-refractivity contribution in [2.75, 3.05) is 0 Å². The number of allylic oxidation sites excluding steroid dienone is 2. The quantitative estimate of drug-likeness (QED) is 0.188. The fourth-order valence-electron chi connectivity index (χ4n) is 7.84.